The van der Waals surface area contributed by atoms with Gasteiger partial charge in [0.2, 0.25) is 0 Å². The summed E-state index contributed by atoms with van der Waals surface area (Å²) in [4.78, 5) is 0. The van der Waals surface area contributed by atoms with Gasteiger partial charge in [-0.15, -0.1) is 0 Å². The molecular formula is C11H14ClN. The van der Waals surface area contributed by atoms with E-state index >= 15 is 0 Å². The van der Waals surface area contributed by atoms with Crippen molar-refractivity contribution >= 4 is 11.6 Å². The smallest absolute Gasteiger partial charge is 0.0443 e. The van der Waals surface area contributed by atoms with Crippen molar-refractivity contribution in [2.45, 2.75) is 19.3 Å². The highest BCUT2D eigenvalue weighted by molar-refractivity contribution is 6.31. The normalized spacial score (nSPS) is 26.1. The summed E-state index contributed by atoms with van der Waals surface area (Å²) in [6, 6.07) is 6.29. The van der Waals surface area contributed by atoms with Gasteiger partial charge in [-0.25, -0.2) is 0 Å². The van der Waals surface area contributed by atoms with Gasteiger partial charge in [0.15, 0.2) is 0 Å². The second-order valence-electron chi connectivity index (χ2n) is 3.86. The Labute approximate surface area is 83.9 Å². The summed E-state index contributed by atoms with van der Waals surface area (Å²) >= 11 is 6.15. The molecule has 0 aromatic heterocycles. The van der Waals surface area contributed by atoms with Crippen molar-refractivity contribution in [3.05, 3.63) is 34.3 Å². The number of hydrogen-bond acceptors (Lipinski definition) is 1. The van der Waals surface area contributed by atoms with Gasteiger partial charge >= 0.3 is 0 Å². The second-order valence-corrected chi connectivity index (χ2v) is 4.27. The summed E-state index contributed by atoms with van der Waals surface area (Å²) in [7, 11) is 0. The molecule has 0 saturated heterocycles. The molecular weight excluding hydrogens is 182 g/mol. The molecule has 1 fully saturated rings. The minimum atomic E-state index is 0.623. The Morgan fingerprint density at radius 1 is 1.54 bits per heavy atom. The number of halogens is 1. The van der Waals surface area contributed by atoms with Gasteiger partial charge in [0.05, 0.1) is 0 Å². The molecule has 2 atom stereocenters. The Balaban J connectivity index is 2.22. The molecule has 0 heterocycles. The number of nitrogens with two attached hydrogens (primary N) is 1. The van der Waals surface area contributed by atoms with Crippen molar-refractivity contribution < 1.29 is 0 Å². The van der Waals surface area contributed by atoms with E-state index in [0.717, 1.165) is 11.6 Å². The van der Waals surface area contributed by atoms with E-state index in [4.69, 9.17) is 17.3 Å². The average molecular weight is 196 g/mol. The summed E-state index contributed by atoms with van der Waals surface area (Å²) in [5.74, 6) is 1.29. The van der Waals surface area contributed by atoms with Gasteiger partial charge in [-0.3, -0.25) is 0 Å². The average Bonchev–Trinajstić information content (AvgIpc) is 2.83. The highest BCUT2D eigenvalue weighted by Crippen LogP contribution is 2.48. The maximum Gasteiger partial charge on any atom is 0.0443 e. The standard InChI is InChI=1S/C11H14ClN/c1-7-2-3-9(11(12)4-7)10-5-8(10)6-13/h2-4,8,10H,5-6,13H2,1H3/t8-,10+/m0/s1. The highest BCUT2D eigenvalue weighted by Gasteiger charge is 2.37. The summed E-state index contributed by atoms with van der Waals surface area (Å²) in [6.45, 7) is 2.85. The first-order chi connectivity index (χ1) is 6.22. The molecule has 0 spiro atoms. The second kappa shape index (κ2) is 3.32. The molecule has 13 heavy (non-hydrogen) atoms. The van der Waals surface area contributed by atoms with Crippen LogP contribution in [0.5, 0.6) is 0 Å². The third-order valence-corrected chi connectivity index (χ3v) is 3.11. The number of rotatable bonds is 2. The van der Waals surface area contributed by atoms with Crippen molar-refractivity contribution in [2.75, 3.05) is 6.54 Å². The van der Waals surface area contributed by atoms with Gasteiger partial charge in [-0.2, -0.15) is 0 Å². The lowest BCUT2D eigenvalue weighted by Gasteiger charge is -2.03. The molecule has 0 bridgehead atoms. The largest absolute Gasteiger partial charge is 0.330 e. The van der Waals surface area contributed by atoms with Crippen LogP contribution in [0.15, 0.2) is 18.2 Å². The van der Waals surface area contributed by atoms with Crippen LogP contribution in [0.3, 0.4) is 0 Å². The van der Waals surface area contributed by atoms with E-state index in [1.807, 2.05) is 6.07 Å². The molecule has 1 aliphatic rings. The fourth-order valence-electron chi connectivity index (χ4n) is 1.82. The summed E-state index contributed by atoms with van der Waals surface area (Å²) < 4.78 is 0. The van der Waals surface area contributed by atoms with Gasteiger partial charge in [-0.1, -0.05) is 23.7 Å². The number of benzene rings is 1. The molecule has 0 amide bonds. The summed E-state index contributed by atoms with van der Waals surface area (Å²) in [6.07, 6.45) is 1.21. The van der Waals surface area contributed by atoms with Crippen molar-refractivity contribution in [3.63, 3.8) is 0 Å². The molecule has 2 N–H and O–H groups in total. The Morgan fingerprint density at radius 3 is 2.85 bits per heavy atom. The first-order valence-corrected chi connectivity index (χ1v) is 5.06. The van der Waals surface area contributed by atoms with Gasteiger partial charge < -0.3 is 5.73 Å². The Kier molecular flexibility index (Phi) is 2.31. The van der Waals surface area contributed by atoms with Crippen LogP contribution in [0.1, 0.15) is 23.5 Å². The fraction of sp³-hybridized carbons (Fsp3) is 0.455. The zero-order valence-corrected chi connectivity index (χ0v) is 8.51. The molecule has 2 rings (SSSR count). The third kappa shape index (κ3) is 1.72. The molecule has 0 unspecified atom stereocenters. The topological polar surface area (TPSA) is 26.0 Å². The van der Waals surface area contributed by atoms with Crippen LogP contribution in [-0.4, -0.2) is 6.54 Å². The lowest BCUT2D eigenvalue weighted by atomic mass is 10.1. The van der Waals surface area contributed by atoms with Crippen LogP contribution in [0.4, 0.5) is 0 Å². The van der Waals surface area contributed by atoms with E-state index in [2.05, 4.69) is 19.1 Å². The van der Waals surface area contributed by atoms with Crippen LogP contribution in [0.2, 0.25) is 5.02 Å². The van der Waals surface area contributed by atoms with Gasteiger partial charge in [0, 0.05) is 5.02 Å². The van der Waals surface area contributed by atoms with Crippen molar-refractivity contribution in [1.82, 2.24) is 0 Å². The molecule has 1 aromatic rings. The van der Waals surface area contributed by atoms with E-state index in [-0.39, 0.29) is 0 Å². The molecule has 0 radical (unpaired) electrons. The van der Waals surface area contributed by atoms with E-state index in [0.29, 0.717) is 11.8 Å². The number of aryl methyl sites for hydroxylation is 1. The summed E-state index contributed by atoms with van der Waals surface area (Å²) in [5.41, 5.74) is 8.10. The first-order valence-electron chi connectivity index (χ1n) is 4.68. The SMILES string of the molecule is Cc1ccc([C@@H]2C[C@H]2CN)c(Cl)c1. The van der Waals surface area contributed by atoms with Crippen molar-refractivity contribution in [1.29, 1.82) is 0 Å². The van der Waals surface area contributed by atoms with E-state index in [1.54, 1.807) is 0 Å². The molecule has 1 aliphatic carbocycles. The molecule has 1 saturated carbocycles. The number of hydrogen-bond donors (Lipinski definition) is 1. The van der Waals surface area contributed by atoms with Crippen LogP contribution < -0.4 is 5.73 Å². The highest BCUT2D eigenvalue weighted by atomic mass is 35.5. The van der Waals surface area contributed by atoms with E-state index < -0.39 is 0 Å². The van der Waals surface area contributed by atoms with Crippen molar-refractivity contribution in [2.24, 2.45) is 11.7 Å². The Morgan fingerprint density at radius 2 is 2.31 bits per heavy atom. The minimum absolute atomic E-state index is 0.623. The molecule has 0 aliphatic heterocycles. The van der Waals surface area contributed by atoms with Gasteiger partial charge in [0.25, 0.3) is 0 Å². The van der Waals surface area contributed by atoms with Crippen LogP contribution >= 0.6 is 11.6 Å². The third-order valence-electron chi connectivity index (χ3n) is 2.78. The predicted molar refractivity (Wildman–Crippen MR) is 56.1 cm³/mol. The van der Waals surface area contributed by atoms with Gasteiger partial charge in [0.1, 0.15) is 0 Å². The zero-order chi connectivity index (χ0) is 9.42. The molecule has 1 aromatic carbocycles. The minimum Gasteiger partial charge on any atom is -0.330 e. The van der Waals surface area contributed by atoms with Crippen LogP contribution in [-0.2, 0) is 0 Å². The monoisotopic (exact) mass is 195 g/mol. The summed E-state index contributed by atoms with van der Waals surface area (Å²) in [5, 5.41) is 0.904. The Hall–Kier alpha value is -0.530. The van der Waals surface area contributed by atoms with E-state index in [9.17, 15) is 0 Å². The predicted octanol–water partition coefficient (Wildman–Crippen LogP) is 2.71. The quantitative estimate of drug-likeness (QED) is 0.772. The fourth-order valence-corrected chi connectivity index (χ4v) is 2.20. The maximum absolute atomic E-state index is 6.15. The first kappa shape index (κ1) is 9.04. The molecule has 2 heteroatoms. The lowest BCUT2D eigenvalue weighted by molar-refractivity contribution is 0.809. The maximum atomic E-state index is 6.15. The van der Waals surface area contributed by atoms with Crippen molar-refractivity contribution in [3.8, 4) is 0 Å². The molecule has 70 valence electrons. The lowest BCUT2D eigenvalue weighted by Crippen LogP contribution is -2.02. The molecule has 1 nitrogen and oxygen atoms in total. The van der Waals surface area contributed by atoms with Crippen LogP contribution in [0.25, 0.3) is 0 Å². The Bertz CT molecular complexity index is 322. The van der Waals surface area contributed by atoms with Crippen LogP contribution in [0, 0.1) is 12.8 Å². The zero-order valence-electron chi connectivity index (χ0n) is 7.76. The van der Waals surface area contributed by atoms with Gasteiger partial charge in [-0.05, 0) is 48.9 Å². The van der Waals surface area contributed by atoms with E-state index in [1.165, 1.54) is 17.5 Å².